The van der Waals surface area contributed by atoms with Crippen LogP contribution in [-0.4, -0.2) is 17.6 Å². The summed E-state index contributed by atoms with van der Waals surface area (Å²) in [6.07, 6.45) is -4.31. The Kier molecular flexibility index (Phi) is 4.72. The topological polar surface area (TPSA) is 9.23 Å². The van der Waals surface area contributed by atoms with Gasteiger partial charge in [-0.05, 0) is 37.1 Å². The molecule has 0 saturated heterocycles. The average Bonchev–Trinajstić information content (AvgIpc) is 2.20. The second kappa shape index (κ2) is 5.48. The van der Waals surface area contributed by atoms with Gasteiger partial charge in [0.1, 0.15) is 17.2 Å². The maximum atomic E-state index is 12.2. The molecule has 0 spiro atoms. The molecule has 0 amide bonds. The Morgan fingerprint density at radius 2 is 1.76 bits per heavy atom. The van der Waals surface area contributed by atoms with Gasteiger partial charge in [0.05, 0.1) is 0 Å². The number of benzene rings is 1. The van der Waals surface area contributed by atoms with E-state index in [0.717, 1.165) is 11.1 Å². The summed E-state index contributed by atoms with van der Waals surface area (Å²) in [6, 6.07) is 3.23. The minimum atomic E-state index is -4.31. The van der Waals surface area contributed by atoms with Crippen molar-refractivity contribution in [2.24, 2.45) is 0 Å². The SMILES string of the molecule is Cc1cc(OCC(Br)C(F)(F)F)cc(C)c1Cl. The Labute approximate surface area is 111 Å². The fourth-order valence-electron chi connectivity index (χ4n) is 1.25. The van der Waals surface area contributed by atoms with E-state index < -0.39 is 17.6 Å². The Morgan fingerprint density at radius 1 is 1.29 bits per heavy atom. The molecule has 0 fully saturated rings. The lowest BCUT2D eigenvalue weighted by Gasteiger charge is -2.15. The van der Waals surface area contributed by atoms with E-state index in [1.165, 1.54) is 0 Å². The van der Waals surface area contributed by atoms with Gasteiger partial charge < -0.3 is 4.74 Å². The maximum Gasteiger partial charge on any atom is 0.404 e. The van der Waals surface area contributed by atoms with E-state index in [4.69, 9.17) is 16.3 Å². The molecule has 0 heterocycles. The molecule has 96 valence electrons. The number of halogens is 5. The third-order valence-electron chi connectivity index (χ3n) is 2.16. The van der Waals surface area contributed by atoms with Gasteiger partial charge in [-0.1, -0.05) is 27.5 Å². The zero-order valence-electron chi connectivity index (χ0n) is 9.24. The summed E-state index contributed by atoms with van der Waals surface area (Å²) in [4.78, 5) is -1.67. The van der Waals surface area contributed by atoms with Crippen molar-refractivity contribution in [1.29, 1.82) is 0 Å². The highest BCUT2D eigenvalue weighted by Gasteiger charge is 2.38. The van der Waals surface area contributed by atoms with Crippen molar-refractivity contribution in [2.45, 2.75) is 24.9 Å². The van der Waals surface area contributed by atoms with E-state index in [0.29, 0.717) is 10.8 Å². The molecule has 1 aromatic carbocycles. The molecule has 0 radical (unpaired) electrons. The van der Waals surface area contributed by atoms with Gasteiger partial charge in [0, 0.05) is 5.02 Å². The maximum absolute atomic E-state index is 12.2. The van der Waals surface area contributed by atoms with Gasteiger partial charge in [-0.3, -0.25) is 0 Å². The number of rotatable bonds is 3. The summed E-state index contributed by atoms with van der Waals surface area (Å²) in [6.45, 7) is 3.08. The molecule has 1 aromatic rings. The van der Waals surface area contributed by atoms with E-state index in [9.17, 15) is 13.2 Å². The van der Waals surface area contributed by atoms with Crippen LogP contribution in [0.15, 0.2) is 12.1 Å². The smallest absolute Gasteiger partial charge is 0.404 e. The molecule has 0 bridgehead atoms. The van der Waals surface area contributed by atoms with Crippen molar-refractivity contribution >= 4 is 27.5 Å². The van der Waals surface area contributed by atoms with Gasteiger partial charge in [-0.2, -0.15) is 13.2 Å². The van der Waals surface area contributed by atoms with E-state index in [2.05, 4.69) is 15.9 Å². The lowest BCUT2D eigenvalue weighted by atomic mass is 10.1. The minimum Gasteiger partial charge on any atom is -0.492 e. The van der Waals surface area contributed by atoms with Crippen LogP contribution in [0.4, 0.5) is 13.2 Å². The van der Waals surface area contributed by atoms with Gasteiger partial charge >= 0.3 is 6.18 Å². The second-order valence-electron chi connectivity index (χ2n) is 3.69. The first kappa shape index (κ1) is 14.6. The largest absolute Gasteiger partial charge is 0.492 e. The number of hydrogen-bond acceptors (Lipinski definition) is 1. The van der Waals surface area contributed by atoms with E-state index >= 15 is 0 Å². The second-order valence-corrected chi connectivity index (χ2v) is 5.17. The Morgan fingerprint density at radius 3 is 2.18 bits per heavy atom. The first-order valence-electron chi connectivity index (χ1n) is 4.82. The summed E-state index contributed by atoms with van der Waals surface area (Å²) in [7, 11) is 0. The zero-order valence-corrected chi connectivity index (χ0v) is 11.6. The molecule has 1 atom stereocenters. The standard InChI is InChI=1S/C11H11BrClF3O/c1-6-3-8(4-7(2)10(6)13)17-5-9(12)11(14,15)16/h3-4,9H,5H2,1-2H3. The number of hydrogen-bond donors (Lipinski definition) is 0. The molecule has 1 unspecified atom stereocenters. The summed E-state index contributed by atoms with van der Waals surface area (Å²) < 4.78 is 41.8. The molecule has 0 aliphatic carbocycles. The van der Waals surface area contributed by atoms with Crippen LogP contribution in [0.3, 0.4) is 0 Å². The quantitative estimate of drug-likeness (QED) is 0.732. The third kappa shape index (κ3) is 4.07. The first-order valence-corrected chi connectivity index (χ1v) is 6.11. The normalized spacial score (nSPS) is 13.6. The van der Waals surface area contributed by atoms with Gasteiger partial charge in [0.2, 0.25) is 0 Å². The van der Waals surface area contributed by atoms with Crippen molar-refractivity contribution in [3.63, 3.8) is 0 Å². The molecule has 1 nitrogen and oxygen atoms in total. The van der Waals surface area contributed by atoms with Crippen LogP contribution >= 0.6 is 27.5 Å². The van der Waals surface area contributed by atoms with E-state index in [1.807, 2.05) is 0 Å². The van der Waals surface area contributed by atoms with Crippen molar-refractivity contribution in [3.05, 3.63) is 28.3 Å². The molecule has 0 N–H and O–H groups in total. The predicted octanol–water partition coefficient (Wildman–Crippen LogP) is 4.66. The fraction of sp³-hybridized carbons (Fsp3) is 0.455. The van der Waals surface area contributed by atoms with Gasteiger partial charge in [-0.25, -0.2) is 0 Å². The lowest BCUT2D eigenvalue weighted by molar-refractivity contribution is -0.132. The molecule has 0 aromatic heterocycles. The molecule has 0 aliphatic rings. The number of alkyl halides is 4. The van der Waals surface area contributed by atoms with Crippen molar-refractivity contribution in [2.75, 3.05) is 6.61 Å². The lowest BCUT2D eigenvalue weighted by Crippen LogP contribution is -2.28. The van der Waals surface area contributed by atoms with Crippen molar-refractivity contribution in [3.8, 4) is 5.75 Å². The molecule has 6 heteroatoms. The molecule has 17 heavy (non-hydrogen) atoms. The van der Waals surface area contributed by atoms with Crippen LogP contribution in [0.25, 0.3) is 0 Å². The van der Waals surface area contributed by atoms with Crippen LogP contribution in [0, 0.1) is 13.8 Å². The Hall–Kier alpha value is -0.420. The van der Waals surface area contributed by atoms with Gasteiger partial charge in [0.25, 0.3) is 0 Å². The molecule has 1 rings (SSSR count). The van der Waals surface area contributed by atoms with Crippen molar-refractivity contribution in [1.82, 2.24) is 0 Å². The predicted molar refractivity (Wildman–Crippen MR) is 65.2 cm³/mol. The highest BCUT2D eigenvalue weighted by molar-refractivity contribution is 9.09. The first-order chi connectivity index (χ1) is 7.71. The summed E-state index contributed by atoms with van der Waals surface area (Å²) in [5.41, 5.74) is 1.56. The van der Waals surface area contributed by atoms with Crippen LogP contribution in [0.1, 0.15) is 11.1 Å². The van der Waals surface area contributed by atoms with Gasteiger partial charge in [0.15, 0.2) is 0 Å². The van der Waals surface area contributed by atoms with Crippen LogP contribution < -0.4 is 4.74 Å². The molecular formula is C11H11BrClF3O. The molecule has 0 aliphatic heterocycles. The number of aryl methyl sites for hydroxylation is 2. The zero-order chi connectivity index (χ0) is 13.2. The minimum absolute atomic E-state index is 0.387. The summed E-state index contributed by atoms with van der Waals surface area (Å²) in [5.74, 6) is 0.387. The highest BCUT2D eigenvalue weighted by atomic mass is 79.9. The monoisotopic (exact) mass is 330 g/mol. The Balaban J connectivity index is 2.71. The summed E-state index contributed by atoms with van der Waals surface area (Å²) in [5, 5.41) is 0.601. The molecular weight excluding hydrogens is 320 g/mol. The van der Waals surface area contributed by atoms with Crippen LogP contribution in [-0.2, 0) is 0 Å². The third-order valence-corrected chi connectivity index (χ3v) is 3.54. The van der Waals surface area contributed by atoms with Gasteiger partial charge in [-0.15, -0.1) is 0 Å². The fourth-order valence-corrected chi connectivity index (χ4v) is 1.49. The van der Waals surface area contributed by atoms with Crippen molar-refractivity contribution < 1.29 is 17.9 Å². The molecule has 0 saturated carbocycles. The van der Waals surface area contributed by atoms with Crippen LogP contribution in [0.2, 0.25) is 5.02 Å². The average molecular weight is 332 g/mol. The highest BCUT2D eigenvalue weighted by Crippen LogP contribution is 2.29. The van der Waals surface area contributed by atoms with E-state index in [-0.39, 0.29) is 0 Å². The number of ether oxygens (including phenoxy) is 1. The summed E-state index contributed by atoms with van der Waals surface area (Å²) >= 11 is 8.47. The van der Waals surface area contributed by atoms with Crippen LogP contribution in [0.5, 0.6) is 5.75 Å². The van der Waals surface area contributed by atoms with E-state index in [1.54, 1.807) is 26.0 Å². The Bertz CT molecular complexity index is 383.